The predicted molar refractivity (Wildman–Crippen MR) is 132 cm³/mol. The minimum absolute atomic E-state index is 0.0137. The van der Waals surface area contributed by atoms with E-state index in [0.29, 0.717) is 13.2 Å². The molecule has 32 heavy (non-hydrogen) atoms. The molecule has 0 amide bonds. The van der Waals surface area contributed by atoms with Crippen molar-refractivity contribution in [3.8, 4) is 11.5 Å². The van der Waals surface area contributed by atoms with Gasteiger partial charge in [-0.05, 0) is 73.9 Å². The van der Waals surface area contributed by atoms with E-state index in [2.05, 4.69) is 65.8 Å². The third-order valence-corrected chi connectivity index (χ3v) is 6.51. The van der Waals surface area contributed by atoms with E-state index in [1.165, 1.54) is 30.4 Å². The molecule has 0 spiro atoms. The lowest BCUT2D eigenvalue weighted by Crippen LogP contribution is -2.28. The van der Waals surface area contributed by atoms with Crippen LogP contribution in [0.5, 0.6) is 11.5 Å². The maximum atomic E-state index is 9.18. The van der Waals surface area contributed by atoms with Gasteiger partial charge in [0.15, 0.2) is 0 Å². The molecule has 0 aliphatic carbocycles. The van der Waals surface area contributed by atoms with Gasteiger partial charge in [0.1, 0.15) is 24.7 Å². The van der Waals surface area contributed by atoms with Gasteiger partial charge < -0.3 is 19.7 Å². The number of ether oxygens (including phenoxy) is 2. The average molecular weight is 443 g/mol. The summed E-state index contributed by atoms with van der Waals surface area (Å²) in [6, 6.07) is 9.10. The average Bonchev–Trinajstić information content (AvgIpc) is 2.76. The van der Waals surface area contributed by atoms with Gasteiger partial charge in [0.05, 0.1) is 13.2 Å². The minimum atomic E-state index is -0.0920. The third kappa shape index (κ3) is 5.85. The fourth-order valence-electron chi connectivity index (χ4n) is 4.92. The Morgan fingerprint density at radius 3 is 1.41 bits per heavy atom. The lowest BCUT2D eigenvalue weighted by molar-refractivity contribution is 0.199. The summed E-state index contributed by atoms with van der Waals surface area (Å²) in [5.41, 5.74) is 6.99. The van der Waals surface area contributed by atoms with Crippen LogP contribution >= 0.6 is 0 Å². The Hall–Kier alpha value is -2.04. The maximum absolute atomic E-state index is 9.18. The van der Waals surface area contributed by atoms with E-state index in [4.69, 9.17) is 9.47 Å². The van der Waals surface area contributed by atoms with E-state index in [0.717, 1.165) is 46.6 Å². The SMILES string of the molecule is CCCCCC(CC)(c1cc(C)c(OCCO)c(C)c1)c1cc(C)c(OCCO)c(C)c1. The van der Waals surface area contributed by atoms with Gasteiger partial charge in [0, 0.05) is 5.41 Å². The second-order valence-corrected chi connectivity index (χ2v) is 8.92. The number of aliphatic hydroxyl groups is 2. The fourth-order valence-corrected chi connectivity index (χ4v) is 4.92. The number of hydrogen-bond donors (Lipinski definition) is 2. The smallest absolute Gasteiger partial charge is 0.125 e. The highest BCUT2D eigenvalue weighted by atomic mass is 16.5. The van der Waals surface area contributed by atoms with E-state index in [-0.39, 0.29) is 18.6 Å². The molecule has 2 rings (SSSR count). The second kappa shape index (κ2) is 12.3. The zero-order chi connectivity index (χ0) is 23.7. The molecule has 178 valence electrons. The van der Waals surface area contributed by atoms with Crippen LogP contribution in [0, 0.1) is 27.7 Å². The van der Waals surface area contributed by atoms with Crippen molar-refractivity contribution in [1.82, 2.24) is 0 Å². The van der Waals surface area contributed by atoms with Crippen molar-refractivity contribution in [3.05, 3.63) is 57.6 Å². The van der Waals surface area contributed by atoms with Gasteiger partial charge in [-0.3, -0.25) is 0 Å². The van der Waals surface area contributed by atoms with Crippen molar-refractivity contribution in [2.75, 3.05) is 26.4 Å². The Morgan fingerprint density at radius 1 is 0.688 bits per heavy atom. The van der Waals surface area contributed by atoms with Crippen molar-refractivity contribution >= 4 is 0 Å². The first-order chi connectivity index (χ1) is 15.3. The molecule has 0 heterocycles. The normalized spacial score (nSPS) is 11.6. The van der Waals surface area contributed by atoms with Gasteiger partial charge in [-0.25, -0.2) is 0 Å². The monoisotopic (exact) mass is 442 g/mol. The molecular weight excluding hydrogens is 400 g/mol. The molecule has 0 aliphatic heterocycles. The van der Waals surface area contributed by atoms with Crippen LogP contribution in [0.25, 0.3) is 0 Å². The molecule has 0 fully saturated rings. The highest BCUT2D eigenvalue weighted by Gasteiger charge is 2.34. The van der Waals surface area contributed by atoms with Crippen LogP contribution in [-0.2, 0) is 5.41 Å². The molecule has 0 unspecified atom stereocenters. The highest BCUT2D eigenvalue weighted by Crippen LogP contribution is 2.44. The van der Waals surface area contributed by atoms with Crippen molar-refractivity contribution in [3.63, 3.8) is 0 Å². The van der Waals surface area contributed by atoms with Crippen molar-refractivity contribution in [2.24, 2.45) is 0 Å². The number of aliphatic hydroxyl groups excluding tert-OH is 2. The fraction of sp³-hybridized carbons (Fsp3) is 0.571. The Bertz CT molecular complexity index is 762. The standard InChI is InChI=1S/C28H42O4/c1-7-9-10-11-28(8-2,24-16-20(3)26(21(4)17-24)31-14-12-29)25-18-22(5)27(23(6)19-25)32-15-13-30/h16-19,29-30H,7-15H2,1-6H3. The van der Waals surface area contributed by atoms with E-state index in [1.807, 2.05) is 0 Å². The zero-order valence-corrected chi connectivity index (χ0v) is 20.9. The topological polar surface area (TPSA) is 58.9 Å². The summed E-state index contributed by atoms with van der Waals surface area (Å²) < 4.78 is 11.7. The third-order valence-electron chi connectivity index (χ3n) is 6.51. The quantitative estimate of drug-likeness (QED) is 0.377. The van der Waals surface area contributed by atoms with Gasteiger partial charge in [-0.2, -0.15) is 0 Å². The number of unbranched alkanes of at least 4 members (excludes halogenated alkanes) is 2. The molecule has 0 aliphatic rings. The molecule has 2 aromatic carbocycles. The summed E-state index contributed by atoms with van der Waals surface area (Å²) in [4.78, 5) is 0. The van der Waals surface area contributed by atoms with Crippen LogP contribution in [0.4, 0.5) is 0 Å². The maximum Gasteiger partial charge on any atom is 0.125 e. The van der Waals surface area contributed by atoms with Crippen molar-refractivity contribution in [1.29, 1.82) is 0 Å². The Labute approximate surface area is 194 Å². The van der Waals surface area contributed by atoms with Gasteiger partial charge >= 0.3 is 0 Å². The molecule has 4 nitrogen and oxygen atoms in total. The molecule has 0 radical (unpaired) electrons. The van der Waals surface area contributed by atoms with Crippen LogP contribution in [0.3, 0.4) is 0 Å². The van der Waals surface area contributed by atoms with E-state index in [9.17, 15) is 10.2 Å². The van der Waals surface area contributed by atoms with Crippen molar-refractivity contribution < 1.29 is 19.7 Å². The lowest BCUT2D eigenvalue weighted by Gasteiger charge is -2.36. The van der Waals surface area contributed by atoms with Crippen LogP contribution in [-0.4, -0.2) is 36.6 Å². The minimum Gasteiger partial charge on any atom is -0.491 e. The van der Waals surface area contributed by atoms with E-state index in [1.54, 1.807) is 0 Å². The second-order valence-electron chi connectivity index (χ2n) is 8.92. The number of rotatable bonds is 13. The molecule has 0 atom stereocenters. The van der Waals surface area contributed by atoms with Gasteiger partial charge in [-0.1, -0.05) is 57.4 Å². The summed E-state index contributed by atoms with van der Waals surface area (Å²) in [5.74, 6) is 1.75. The summed E-state index contributed by atoms with van der Waals surface area (Å²) in [6.07, 6.45) is 5.67. The summed E-state index contributed by atoms with van der Waals surface area (Å²) in [7, 11) is 0. The summed E-state index contributed by atoms with van der Waals surface area (Å²) in [6.45, 7) is 13.6. The molecule has 4 heteroatoms. The van der Waals surface area contributed by atoms with Crippen LogP contribution in [0.1, 0.15) is 79.3 Å². The number of hydrogen-bond acceptors (Lipinski definition) is 4. The summed E-state index contributed by atoms with van der Waals surface area (Å²) in [5, 5.41) is 18.4. The van der Waals surface area contributed by atoms with Gasteiger partial charge in [-0.15, -0.1) is 0 Å². The Kier molecular flexibility index (Phi) is 10.0. The molecule has 0 bridgehead atoms. The largest absolute Gasteiger partial charge is 0.491 e. The van der Waals surface area contributed by atoms with Crippen molar-refractivity contribution in [2.45, 2.75) is 79.1 Å². The first-order valence-electron chi connectivity index (χ1n) is 12.0. The number of aryl methyl sites for hydroxylation is 4. The van der Waals surface area contributed by atoms with E-state index >= 15 is 0 Å². The zero-order valence-electron chi connectivity index (χ0n) is 20.9. The van der Waals surface area contributed by atoms with Crippen LogP contribution in [0.2, 0.25) is 0 Å². The number of benzene rings is 2. The highest BCUT2D eigenvalue weighted by molar-refractivity contribution is 5.52. The van der Waals surface area contributed by atoms with Gasteiger partial charge in [0.2, 0.25) is 0 Å². The molecule has 0 saturated heterocycles. The molecule has 0 saturated carbocycles. The van der Waals surface area contributed by atoms with Crippen LogP contribution in [0.15, 0.2) is 24.3 Å². The van der Waals surface area contributed by atoms with Gasteiger partial charge in [0.25, 0.3) is 0 Å². The molecule has 0 aromatic heterocycles. The first kappa shape index (κ1) is 26.2. The Balaban J connectivity index is 2.62. The predicted octanol–water partition coefficient (Wildman–Crippen LogP) is 5.94. The Morgan fingerprint density at radius 2 is 1.09 bits per heavy atom. The molecular formula is C28H42O4. The van der Waals surface area contributed by atoms with Crippen LogP contribution < -0.4 is 9.47 Å². The summed E-state index contributed by atoms with van der Waals surface area (Å²) >= 11 is 0. The molecule has 2 aromatic rings. The van der Waals surface area contributed by atoms with E-state index < -0.39 is 0 Å². The molecule has 2 N–H and O–H groups in total. The lowest BCUT2D eigenvalue weighted by atomic mass is 9.68. The first-order valence-corrected chi connectivity index (χ1v) is 12.0.